The lowest BCUT2D eigenvalue weighted by molar-refractivity contribution is -0.293. The number of nitrogens with two attached hydrogens (primary N) is 1. The molecule has 2 aliphatic rings. The Morgan fingerprint density at radius 1 is 1.23 bits per heavy atom. The highest BCUT2D eigenvalue weighted by Crippen LogP contribution is 2.54. The number of nitrogens with zero attached hydrogens (tertiary/aromatic N) is 5. The predicted molar refractivity (Wildman–Crippen MR) is 97.3 cm³/mol. The number of aromatic nitrogens is 5. The summed E-state index contributed by atoms with van der Waals surface area (Å²) in [5, 5.41) is 9.30. The fourth-order valence-electron chi connectivity index (χ4n) is 3.84. The maximum atomic E-state index is 14.1. The summed E-state index contributed by atoms with van der Waals surface area (Å²) >= 11 is 0. The van der Waals surface area contributed by atoms with E-state index in [0.717, 1.165) is 24.5 Å². The molecule has 0 aromatic carbocycles. The van der Waals surface area contributed by atoms with Crippen molar-refractivity contribution >= 4 is 11.6 Å². The molecule has 1 atom stereocenters. The van der Waals surface area contributed by atoms with Crippen molar-refractivity contribution < 1.29 is 26.7 Å². The SMILES string of the molecule is Cc1ccc(C2(C3CC3)C=C(n3nnnc3C(F)(F)C(F)(F)F)C=C(C(N)=O)C2)nc1. The average molecular weight is 440 g/mol. The monoisotopic (exact) mass is 440 g/mol. The minimum Gasteiger partial charge on any atom is -0.366 e. The molecule has 7 nitrogen and oxygen atoms in total. The van der Waals surface area contributed by atoms with Gasteiger partial charge in [-0.3, -0.25) is 9.78 Å². The second kappa shape index (κ2) is 6.92. The molecule has 2 heterocycles. The van der Waals surface area contributed by atoms with Gasteiger partial charge in [0.15, 0.2) is 0 Å². The second-order valence-corrected chi connectivity index (χ2v) is 7.80. The van der Waals surface area contributed by atoms with E-state index in [1.807, 2.05) is 13.0 Å². The number of rotatable bonds is 5. The smallest absolute Gasteiger partial charge is 0.366 e. The minimum atomic E-state index is -5.91. The number of allylic oxidation sites excluding steroid dienone is 3. The lowest BCUT2D eigenvalue weighted by Gasteiger charge is -2.35. The standard InChI is InChI=1S/C19H17F5N6O/c1-10-2-5-14(26-9-10)17(12-3-4-12)7-11(15(25)31)6-13(8-17)30-16(27-28-29-30)18(20,21)19(22,23)24/h2,5-6,8-9,12H,3-4,7H2,1H3,(H2,25,31). The summed E-state index contributed by atoms with van der Waals surface area (Å²) in [6, 6.07) is 3.55. The normalized spacial score (nSPS) is 22.1. The number of hydrogen-bond donors (Lipinski definition) is 1. The fraction of sp³-hybridized carbons (Fsp3) is 0.421. The Bertz CT molecular complexity index is 1080. The molecule has 1 amide bonds. The Morgan fingerprint density at radius 2 is 1.94 bits per heavy atom. The molecule has 2 aromatic rings. The van der Waals surface area contributed by atoms with Gasteiger partial charge >= 0.3 is 12.1 Å². The Labute approximate surface area is 172 Å². The summed E-state index contributed by atoms with van der Waals surface area (Å²) in [6.45, 7) is 1.84. The van der Waals surface area contributed by atoms with E-state index in [-0.39, 0.29) is 23.6 Å². The van der Waals surface area contributed by atoms with Crippen LogP contribution in [0.25, 0.3) is 5.70 Å². The van der Waals surface area contributed by atoms with Gasteiger partial charge in [0.05, 0.1) is 11.4 Å². The van der Waals surface area contributed by atoms with Crippen LogP contribution in [0, 0.1) is 12.8 Å². The molecule has 0 spiro atoms. The number of pyridine rings is 1. The van der Waals surface area contributed by atoms with Crippen LogP contribution in [-0.4, -0.2) is 37.3 Å². The van der Waals surface area contributed by atoms with Gasteiger partial charge in [0, 0.05) is 17.2 Å². The van der Waals surface area contributed by atoms with Crippen LogP contribution in [0.5, 0.6) is 0 Å². The van der Waals surface area contributed by atoms with Crippen molar-refractivity contribution in [1.82, 2.24) is 25.2 Å². The fourth-order valence-corrected chi connectivity index (χ4v) is 3.84. The molecule has 164 valence electrons. The van der Waals surface area contributed by atoms with Crippen LogP contribution in [-0.2, 0) is 16.1 Å². The van der Waals surface area contributed by atoms with Crippen molar-refractivity contribution in [3.63, 3.8) is 0 Å². The highest BCUT2D eigenvalue weighted by atomic mass is 19.4. The summed E-state index contributed by atoms with van der Waals surface area (Å²) in [6.07, 6.45) is 0.0514. The molecule has 0 radical (unpaired) electrons. The summed E-state index contributed by atoms with van der Waals surface area (Å²) in [5.74, 6) is -7.82. The molecule has 1 unspecified atom stereocenters. The van der Waals surface area contributed by atoms with E-state index in [1.54, 1.807) is 12.3 Å². The molecule has 2 aliphatic carbocycles. The van der Waals surface area contributed by atoms with Gasteiger partial charge in [0.1, 0.15) is 0 Å². The summed E-state index contributed by atoms with van der Waals surface area (Å²) < 4.78 is 67.3. The molecule has 4 rings (SSSR count). The van der Waals surface area contributed by atoms with Crippen LogP contribution in [0.2, 0.25) is 0 Å². The van der Waals surface area contributed by atoms with Gasteiger partial charge in [0.2, 0.25) is 11.7 Å². The topological polar surface area (TPSA) is 99.6 Å². The van der Waals surface area contributed by atoms with Gasteiger partial charge in [-0.1, -0.05) is 6.07 Å². The van der Waals surface area contributed by atoms with Crippen molar-refractivity contribution in [2.24, 2.45) is 11.7 Å². The van der Waals surface area contributed by atoms with Crippen molar-refractivity contribution in [2.45, 2.75) is 43.7 Å². The molecule has 12 heteroatoms. The van der Waals surface area contributed by atoms with Crippen molar-refractivity contribution in [1.29, 1.82) is 0 Å². The average Bonchev–Trinajstić information content (AvgIpc) is 3.43. The summed E-state index contributed by atoms with van der Waals surface area (Å²) in [4.78, 5) is 16.5. The number of primary amides is 1. The Morgan fingerprint density at radius 3 is 2.48 bits per heavy atom. The first-order valence-electron chi connectivity index (χ1n) is 9.36. The number of carbonyl (C=O) groups excluding carboxylic acids is 1. The van der Waals surface area contributed by atoms with E-state index in [4.69, 9.17) is 5.73 Å². The Kier molecular flexibility index (Phi) is 4.70. The molecule has 1 saturated carbocycles. The Hall–Kier alpha value is -3.18. The van der Waals surface area contributed by atoms with Crippen LogP contribution in [0.3, 0.4) is 0 Å². The van der Waals surface area contributed by atoms with Crippen molar-refractivity contribution in [2.75, 3.05) is 0 Å². The third-order valence-electron chi connectivity index (χ3n) is 5.57. The first-order chi connectivity index (χ1) is 14.5. The summed E-state index contributed by atoms with van der Waals surface area (Å²) in [7, 11) is 0. The largest absolute Gasteiger partial charge is 0.461 e. The van der Waals surface area contributed by atoms with Gasteiger partial charge < -0.3 is 5.73 Å². The van der Waals surface area contributed by atoms with E-state index < -0.39 is 29.2 Å². The highest BCUT2D eigenvalue weighted by molar-refractivity contribution is 5.95. The third-order valence-corrected chi connectivity index (χ3v) is 5.57. The quantitative estimate of drug-likeness (QED) is 0.721. The number of alkyl halides is 5. The van der Waals surface area contributed by atoms with E-state index >= 15 is 0 Å². The number of carbonyl (C=O) groups is 1. The molecular weight excluding hydrogens is 423 g/mol. The highest BCUT2D eigenvalue weighted by Gasteiger charge is 2.62. The van der Waals surface area contributed by atoms with E-state index in [0.29, 0.717) is 10.4 Å². The molecule has 31 heavy (non-hydrogen) atoms. The van der Waals surface area contributed by atoms with Gasteiger partial charge in [-0.05, 0) is 66.3 Å². The predicted octanol–water partition coefficient (Wildman–Crippen LogP) is 3.03. The van der Waals surface area contributed by atoms with Crippen LogP contribution in [0.1, 0.15) is 36.3 Å². The van der Waals surface area contributed by atoms with Crippen molar-refractivity contribution in [3.05, 3.63) is 53.1 Å². The molecule has 2 aromatic heterocycles. The molecular formula is C19H17F5N6O. The van der Waals surface area contributed by atoms with Gasteiger partial charge in [-0.2, -0.15) is 26.6 Å². The zero-order valence-corrected chi connectivity index (χ0v) is 16.2. The van der Waals surface area contributed by atoms with Gasteiger partial charge in [-0.15, -0.1) is 5.10 Å². The van der Waals surface area contributed by atoms with Crippen LogP contribution in [0.15, 0.2) is 36.1 Å². The maximum absolute atomic E-state index is 14.1. The lowest BCUT2D eigenvalue weighted by Crippen LogP contribution is -2.38. The first-order valence-corrected chi connectivity index (χ1v) is 9.36. The van der Waals surface area contributed by atoms with Gasteiger partial charge in [-0.25, -0.2) is 0 Å². The van der Waals surface area contributed by atoms with E-state index in [1.165, 1.54) is 6.08 Å². The van der Waals surface area contributed by atoms with Gasteiger partial charge in [0.25, 0.3) is 0 Å². The zero-order chi connectivity index (χ0) is 22.6. The van der Waals surface area contributed by atoms with E-state index in [2.05, 4.69) is 20.5 Å². The maximum Gasteiger partial charge on any atom is 0.461 e. The number of tetrazole rings is 1. The first kappa shape index (κ1) is 21.1. The van der Waals surface area contributed by atoms with Crippen LogP contribution in [0.4, 0.5) is 22.0 Å². The second-order valence-electron chi connectivity index (χ2n) is 7.80. The van der Waals surface area contributed by atoms with Crippen LogP contribution >= 0.6 is 0 Å². The Balaban J connectivity index is 1.91. The van der Waals surface area contributed by atoms with Crippen LogP contribution < -0.4 is 5.73 Å². The molecule has 0 bridgehead atoms. The number of aryl methyl sites for hydroxylation is 1. The molecule has 0 aliphatic heterocycles. The molecule has 2 N–H and O–H groups in total. The minimum absolute atomic E-state index is 0.00353. The van der Waals surface area contributed by atoms with E-state index in [9.17, 15) is 26.7 Å². The third kappa shape index (κ3) is 3.49. The lowest BCUT2D eigenvalue weighted by atomic mass is 9.70. The van der Waals surface area contributed by atoms with Crippen molar-refractivity contribution in [3.8, 4) is 0 Å². The molecule has 1 fully saturated rings. The molecule has 0 saturated heterocycles. The summed E-state index contributed by atoms with van der Waals surface area (Å²) in [5.41, 5.74) is 5.86. The zero-order valence-electron chi connectivity index (χ0n) is 16.2. The number of halogens is 5. The number of hydrogen-bond acceptors (Lipinski definition) is 5. The number of amides is 1.